The number of ketones is 2. The maximum absolute atomic E-state index is 13.2. The average molecular weight is 434 g/mol. The fourth-order valence-electron chi connectivity index (χ4n) is 3.92. The molecule has 3 rings (SSSR count). The van der Waals surface area contributed by atoms with E-state index in [2.05, 4.69) is 5.32 Å². The molecule has 0 unspecified atom stereocenters. The average Bonchev–Trinajstić information content (AvgIpc) is 2.77. The number of hydrogen-bond donors (Lipinski definition) is 2. The van der Waals surface area contributed by atoms with Crippen molar-refractivity contribution in [2.24, 2.45) is 5.73 Å². The van der Waals surface area contributed by atoms with Gasteiger partial charge in [0.2, 0.25) is 5.91 Å². The summed E-state index contributed by atoms with van der Waals surface area (Å²) in [5, 5.41) is 3.47. The molecule has 1 amide bonds. The van der Waals surface area contributed by atoms with Crippen molar-refractivity contribution in [3.63, 3.8) is 0 Å². The monoisotopic (exact) mass is 433 g/mol. The van der Waals surface area contributed by atoms with Crippen LogP contribution in [0.5, 0.6) is 0 Å². The molecule has 0 bridgehead atoms. The largest absolute Gasteiger partial charge is 0.397 e. The van der Waals surface area contributed by atoms with Crippen molar-refractivity contribution in [3.05, 3.63) is 65.2 Å². The van der Waals surface area contributed by atoms with Gasteiger partial charge in [0, 0.05) is 36.9 Å². The highest BCUT2D eigenvalue weighted by Gasteiger charge is 2.26. The van der Waals surface area contributed by atoms with E-state index in [1.807, 2.05) is 48.5 Å². The van der Waals surface area contributed by atoms with Crippen LogP contribution < -0.4 is 16.0 Å². The highest BCUT2D eigenvalue weighted by atomic mass is 16.2. The van der Waals surface area contributed by atoms with Gasteiger partial charge in [-0.05, 0) is 38.3 Å². The topological polar surface area (TPSA) is 92.5 Å². The van der Waals surface area contributed by atoms with Crippen LogP contribution in [0.3, 0.4) is 0 Å². The quantitative estimate of drug-likeness (QED) is 0.583. The van der Waals surface area contributed by atoms with E-state index >= 15 is 0 Å². The summed E-state index contributed by atoms with van der Waals surface area (Å²) in [6.45, 7) is 4.16. The minimum absolute atomic E-state index is 0.00358. The number of Topliss-reactive ketones (excluding diaryl/α,β-unsaturated/α-hetero) is 2. The minimum Gasteiger partial charge on any atom is -0.397 e. The van der Waals surface area contributed by atoms with Crippen LogP contribution in [0.4, 0.5) is 5.69 Å². The van der Waals surface area contributed by atoms with E-state index in [4.69, 9.17) is 5.73 Å². The number of anilines is 1. The molecule has 0 radical (unpaired) electrons. The Kier molecular flexibility index (Phi) is 7.82. The van der Waals surface area contributed by atoms with Crippen LogP contribution >= 0.6 is 0 Å². The maximum Gasteiger partial charge on any atom is 0.227 e. The predicted octanol–water partition coefficient (Wildman–Crippen LogP) is 4.04. The van der Waals surface area contributed by atoms with Gasteiger partial charge in [-0.2, -0.15) is 0 Å². The van der Waals surface area contributed by atoms with Crippen LogP contribution in [-0.2, 0) is 20.9 Å². The van der Waals surface area contributed by atoms with Gasteiger partial charge in [-0.15, -0.1) is 0 Å². The van der Waals surface area contributed by atoms with E-state index in [9.17, 15) is 14.4 Å². The summed E-state index contributed by atoms with van der Waals surface area (Å²) in [6.07, 6.45) is 2.59. The predicted molar refractivity (Wildman–Crippen MR) is 128 cm³/mol. The Labute approximate surface area is 189 Å². The number of hydrogen-bond acceptors (Lipinski definition) is 5. The molecule has 32 heavy (non-hydrogen) atoms. The second kappa shape index (κ2) is 10.8. The lowest BCUT2D eigenvalue weighted by Gasteiger charge is -2.30. The van der Waals surface area contributed by atoms with Crippen LogP contribution in [0.2, 0.25) is 0 Å². The van der Waals surface area contributed by atoms with E-state index in [1.54, 1.807) is 11.8 Å². The van der Waals surface area contributed by atoms with Crippen molar-refractivity contribution in [2.45, 2.75) is 52.5 Å². The van der Waals surface area contributed by atoms with E-state index in [1.165, 1.54) is 6.92 Å². The number of rotatable bonds is 9. The summed E-state index contributed by atoms with van der Waals surface area (Å²) in [7, 11) is 0. The number of unbranched alkanes of at least 4 members (excludes halogenated alkanes) is 1. The zero-order valence-electron chi connectivity index (χ0n) is 18.8. The Balaban J connectivity index is 2.01. The van der Waals surface area contributed by atoms with Crippen molar-refractivity contribution >= 4 is 34.6 Å². The molecular weight excluding hydrogens is 402 g/mol. The second-order valence-corrected chi connectivity index (χ2v) is 8.23. The summed E-state index contributed by atoms with van der Waals surface area (Å²) >= 11 is 0. The number of amides is 1. The second-order valence-electron chi connectivity index (χ2n) is 8.23. The number of nitrogens with one attached hydrogen (secondary N) is 1. The molecule has 3 N–H and O–H groups in total. The molecule has 0 atom stereocenters. The Bertz CT molecular complexity index is 1040. The Morgan fingerprint density at radius 2 is 1.53 bits per heavy atom. The smallest absolute Gasteiger partial charge is 0.227 e. The molecule has 0 saturated carbocycles. The van der Waals surface area contributed by atoms with Crippen molar-refractivity contribution in [2.75, 3.05) is 11.4 Å². The van der Waals surface area contributed by atoms with E-state index in [0.29, 0.717) is 25.2 Å². The Morgan fingerprint density at radius 3 is 2.25 bits per heavy atom. The number of para-hydroxylation sites is 1. The van der Waals surface area contributed by atoms with Gasteiger partial charge < -0.3 is 25.5 Å². The number of carbonyl (C=O) groups excluding carboxylic acids is 3. The Morgan fingerprint density at radius 1 is 0.875 bits per heavy atom. The van der Waals surface area contributed by atoms with Gasteiger partial charge in [0.05, 0.1) is 23.6 Å². The minimum atomic E-state index is -0.0938. The molecule has 0 aliphatic carbocycles. The number of carbonyl (C=O) groups is 3. The third kappa shape index (κ3) is 5.63. The van der Waals surface area contributed by atoms with Crippen molar-refractivity contribution in [1.29, 1.82) is 0 Å². The molecule has 0 spiro atoms. The summed E-state index contributed by atoms with van der Waals surface area (Å²) in [4.78, 5) is 37.6. The molecule has 0 aromatic heterocycles. The van der Waals surface area contributed by atoms with Gasteiger partial charge in [0.1, 0.15) is 11.6 Å². The van der Waals surface area contributed by atoms with Crippen LogP contribution in [0.1, 0.15) is 62.6 Å². The molecule has 0 saturated heterocycles. The molecule has 1 heterocycles. The first-order valence-electron chi connectivity index (χ1n) is 11.1. The normalized spacial score (nSPS) is 15.2. The van der Waals surface area contributed by atoms with E-state index in [0.717, 1.165) is 40.9 Å². The molecule has 1 aliphatic heterocycles. The van der Waals surface area contributed by atoms with Crippen LogP contribution in [0.25, 0.3) is 11.4 Å². The van der Waals surface area contributed by atoms with Gasteiger partial charge in [0.15, 0.2) is 0 Å². The summed E-state index contributed by atoms with van der Waals surface area (Å²) in [6, 6.07) is 15.5. The summed E-state index contributed by atoms with van der Waals surface area (Å²) in [5.41, 5.74) is 11.5. The number of fused-ring (bicyclic) bond motifs is 2. The first kappa shape index (κ1) is 23.3. The van der Waals surface area contributed by atoms with Crippen LogP contribution in [-0.4, -0.2) is 24.0 Å². The Hall–Kier alpha value is -3.41. The molecular formula is C26H31N3O3. The third-order valence-corrected chi connectivity index (χ3v) is 5.62. The maximum atomic E-state index is 13.2. The molecule has 2 aromatic carbocycles. The fourth-order valence-corrected chi connectivity index (χ4v) is 3.92. The first-order valence-corrected chi connectivity index (χ1v) is 11.1. The summed E-state index contributed by atoms with van der Waals surface area (Å²) < 4.78 is 0. The zero-order valence-corrected chi connectivity index (χ0v) is 18.8. The van der Waals surface area contributed by atoms with Crippen molar-refractivity contribution in [3.8, 4) is 0 Å². The number of benzene rings is 2. The molecule has 0 fully saturated rings. The molecule has 168 valence electrons. The van der Waals surface area contributed by atoms with E-state index < -0.39 is 0 Å². The van der Waals surface area contributed by atoms with Crippen molar-refractivity contribution < 1.29 is 14.4 Å². The van der Waals surface area contributed by atoms with E-state index in [-0.39, 0.29) is 30.3 Å². The van der Waals surface area contributed by atoms with Gasteiger partial charge in [-0.1, -0.05) is 42.5 Å². The number of nitrogens with zero attached hydrogens (tertiary/aromatic N) is 1. The SMILES string of the molecule is CC(=O)CCCCN/C1=C(\N)c2ccccc2CN(C(=O)CCC(C)=O)c2ccccc21. The fraction of sp³-hybridized carbons (Fsp3) is 0.346. The zero-order chi connectivity index (χ0) is 23.1. The molecule has 2 aromatic rings. The van der Waals surface area contributed by atoms with Crippen molar-refractivity contribution in [1.82, 2.24) is 5.32 Å². The van der Waals surface area contributed by atoms with Crippen LogP contribution in [0, 0.1) is 0 Å². The van der Waals surface area contributed by atoms with Gasteiger partial charge in [0.25, 0.3) is 0 Å². The van der Waals surface area contributed by atoms with Gasteiger partial charge in [-0.25, -0.2) is 0 Å². The molecule has 6 nitrogen and oxygen atoms in total. The highest BCUT2D eigenvalue weighted by Crippen LogP contribution is 2.35. The lowest BCUT2D eigenvalue weighted by Crippen LogP contribution is -2.34. The molecule has 1 aliphatic rings. The van der Waals surface area contributed by atoms with Gasteiger partial charge in [-0.3, -0.25) is 4.79 Å². The number of nitrogens with two attached hydrogens (primary N) is 1. The molecule has 6 heteroatoms. The standard InChI is InChI=1S/C26H31N3O3/c1-18(30)9-7-8-16-28-26-22-12-5-6-13-23(22)29(24(32)15-14-19(2)31)17-20-10-3-4-11-21(20)25(26)27/h3-6,10-13,28H,7-9,14-17,27H2,1-2H3/b26-25-. The lowest BCUT2D eigenvalue weighted by atomic mass is 9.95. The first-order chi connectivity index (χ1) is 15.4. The third-order valence-electron chi connectivity index (χ3n) is 5.62. The highest BCUT2D eigenvalue weighted by molar-refractivity contribution is 6.01. The summed E-state index contributed by atoms with van der Waals surface area (Å²) in [5.74, 6) is 0.0912. The van der Waals surface area contributed by atoms with Gasteiger partial charge >= 0.3 is 0 Å². The lowest BCUT2D eigenvalue weighted by molar-refractivity contribution is -0.123. The van der Waals surface area contributed by atoms with Crippen LogP contribution in [0.15, 0.2) is 48.5 Å².